The average molecular weight is 382 g/mol. The fourth-order valence-corrected chi connectivity index (χ4v) is 2.73. The molecule has 1 atom stereocenters. The molecule has 132 valence electrons. The van der Waals surface area contributed by atoms with Crippen LogP contribution in [0.1, 0.15) is 35.1 Å². The zero-order valence-corrected chi connectivity index (χ0v) is 15.2. The van der Waals surface area contributed by atoms with Gasteiger partial charge in [0.1, 0.15) is 5.01 Å². The van der Waals surface area contributed by atoms with Crippen molar-refractivity contribution in [3.8, 4) is 0 Å². The number of nitrogens with zero attached hydrogens (tertiary/aromatic N) is 2. The number of ketones is 1. The van der Waals surface area contributed by atoms with Gasteiger partial charge in [-0.25, -0.2) is 0 Å². The van der Waals surface area contributed by atoms with Crippen LogP contribution >= 0.6 is 22.9 Å². The number of halogens is 1. The minimum absolute atomic E-state index is 0.0739. The van der Waals surface area contributed by atoms with Gasteiger partial charge in [0.25, 0.3) is 0 Å². The van der Waals surface area contributed by atoms with Crippen molar-refractivity contribution in [2.24, 2.45) is 0 Å². The third-order valence-corrected chi connectivity index (χ3v) is 4.10. The van der Waals surface area contributed by atoms with Crippen LogP contribution in [-0.2, 0) is 14.3 Å². The van der Waals surface area contributed by atoms with E-state index in [9.17, 15) is 14.4 Å². The van der Waals surface area contributed by atoms with Gasteiger partial charge in [-0.15, -0.1) is 10.2 Å². The highest BCUT2D eigenvalue weighted by Gasteiger charge is 2.20. The molecule has 1 amide bonds. The number of carbonyl (C=O) groups is 3. The second-order valence-electron chi connectivity index (χ2n) is 5.18. The van der Waals surface area contributed by atoms with Gasteiger partial charge in [-0.1, -0.05) is 35.1 Å². The fraction of sp³-hybridized carbons (Fsp3) is 0.312. The van der Waals surface area contributed by atoms with Gasteiger partial charge in [0.2, 0.25) is 16.8 Å². The van der Waals surface area contributed by atoms with Crippen LogP contribution in [0.3, 0.4) is 0 Å². The second kappa shape index (κ2) is 8.68. The molecule has 0 spiro atoms. The maximum Gasteiger partial charge on any atom is 0.307 e. The molecule has 7 nitrogen and oxygen atoms in total. The molecule has 0 unspecified atom stereocenters. The zero-order valence-electron chi connectivity index (χ0n) is 13.6. The number of aryl methyl sites for hydroxylation is 1. The highest BCUT2D eigenvalue weighted by Crippen LogP contribution is 2.15. The molecule has 2 aromatic rings. The molecule has 0 radical (unpaired) electrons. The predicted molar refractivity (Wildman–Crippen MR) is 93.8 cm³/mol. The van der Waals surface area contributed by atoms with E-state index in [0.717, 1.165) is 5.01 Å². The van der Waals surface area contributed by atoms with E-state index in [0.29, 0.717) is 15.7 Å². The van der Waals surface area contributed by atoms with E-state index < -0.39 is 12.1 Å². The topological polar surface area (TPSA) is 98.2 Å². The number of esters is 1. The van der Waals surface area contributed by atoms with Crippen molar-refractivity contribution in [2.75, 3.05) is 5.32 Å². The maximum atomic E-state index is 12.2. The number of anilines is 1. The number of rotatable bonds is 7. The van der Waals surface area contributed by atoms with Gasteiger partial charge in [-0.05, 0) is 26.0 Å². The van der Waals surface area contributed by atoms with Gasteiger partial charge < -0.3 is 10.1 Å². The van der Waals surface area contributed by atoms with Crippen LogP contribution in [0.15, 0.2) is 24.3 Å². The minimum Gasteiger partial charge on any atom is -0.454 e. The molecule has 0 aliphatic rings. The van der Waals surface area contributed by atoms with Crippen LogP contribution in [0.4, 0.5) is 5.13 Å². The molecule has 0 bridgehead atoms. The highest BCUT2D eigenvalue weighted by molar-refractivity contribution is 7.15. The monoisotopic (exact) mass is 381 g/mol. The lowest BCUT2D eigenvalue weighted by molar-refractivity contribution is -0.147. The fourth-order valence-electron chi connectivity index (χ4n) is 1.93. The molecule has 0 fully saturated rings. The summed E-state index contributed by atoms with van der Waals surface area (Å²) >= 11 is 7.08. The highest BCUT2D eigenvalue weighted by atomic mass is 35.5. The smallest absolute Gasteiger partial charge is 0.307 e. The van der Waals surface area contributed by atoms with Crippen LogP contribution in [-0.4, -0.2) is 34.0 Å². The van der Waals surface area contributed by atoms with E-state index in [4.69, 9.17) is 16.3 Å². The van der Waals surface area contributed by atoms with Gasteiger partial charge in [-0.2, -0.15) is 0 Å². The van der Waals surface area contributed by atoms with Crippen LogP contribution in [0.25, 0.3) is 0 Å². The number of amides is 1. The van der Waals surface area contributed by atoms with E-state index >= 15 is 0 Å². The van der Waals surface area contributed by atoms with Gasteiger partial charge in [0.05, 0.1) is 6.42 Å². The summed E-state index contributed by atoms with van der Waals surface area (Å²) in [5.74, 6) is -1.36. The quantitative estimate of drug-likeness (QED) is 0.584. The van der Waals surface area contributed by atoms with Crippen molar-refractivity contribution in [3.05, 3.63) is 39.9 Å². The van der Waals surface area contributed by atoms with E-state index in [1.165, 1.54) is 24.3 Å². The molecule has 1 aromatic heterocycles. The summed E-state index contributed by atoms with van der Waals surface area (Å²) in [7, 11) is 0. The van der Waals surface area contributed by atoms with Crippen molar-refractivity contribution in [1.82, 2.24) is 10.2 Å². The summed E-state index contributed by atoms with van der Waals surface area (Å²) in [6.07, 6.45) is -1.17. The summed E-state index contributed by atoms with van der Waals surface area (Å²) in [6.45, 7) is 3.24. The second-order valence-corrected chi connectivity index (χ2v) is 6.80. The molecule has 9 heteroatoms. The number of carbonyl (C=O) groups excluding carboxylic acids is 3. The molecule has 2 rings (SSSR count). The first kappa shape index (κ1) is 19.0. The largest absolute Gasteiger partial charge is 0.454 e. The third-order valence-electron chi connectivity index (χ3n) is 3.12. The Morgan fingerprint density at radius 3 is 2.68 bits per heavy atom. The molecular weight excluding hydrogens is 366 g/mol. The van der Waals surface area contributed by atoms with Crippen LogP contribution in [0, 0.1) is 6.92 Å². The number of ether oxygens (including phenoxy) is 1. The lowest BCUT2D eigenvalue weighted by atomic mass is 10.1. The molecule has 1 heterocycles. The molecule has 25 heavy (non-hydrogen) atoms. The minimum atomic E-state index is -0.958. The van der Waals surface area contributed by atoms with Crippen molar-refractivity contribution < 1.29 is 19.1 Å². The van der Waals surface area contributed by atoms with Crippen LogP contribution in [0.5, 0.6) is 0 Å². The number of hydrogen-bond acceptors (Lipinski definition) is 7. The van der Waals surface area contributed by atoms with Crippen molar-refractivity contribution in [3.63, 3.8) is 0 Å². The lowest BCUT2D eigenvalue weighted by Gasteiger charge is -2.12. The Bertz CT molecular complexity index is 793. The van der Waals surface area contributed by atoms with E-state index in [-0.39, 0.29) is 24.5 Å². The predicted octanol–water partition coefficient (Wildman–Crippen LogP) is 3.03. The van der Waals surface area contributed by atoms with Crippen molar-refractivity contribution in [1.29, 1.82) is 0 Å². The number of hydrogen-bond donors (Lipinski definition) is 1. The van der Waals surface area contributed by atoms with Gasteiger partial charge in [0, 0.05) is 17.0 Å². The molecule has 0 aliphatic carbocycles. The summed E-state index contributed by atoms with van der Waals surface area (Å²) in [5, 5.41) is 11.6. The Morgan fingerprint density at radius 1 is 1.28 bits per heavy atom. The summed E-state index contributed by atoms with van der Waals surface area (Å²) in [4.78, 5) is 35.7. The van der Waals surface area contributed by atoms with Crippen LogP contribution in [0.2, 0.25) is 5.02 Å². The van der Waals surface area contributed by atoms with Crippen molar-refractivity contribution in [2.45, 2.75) is 32.8 Å². The van der Waals surface area contributed by atoms with Gasteiger partial charge in [-0.3, -0.25) is 14.4 Å². The first-order valence-corrected chi connectivity index (χ1v) is 8.64. The summed E-state index contributed by atoms with van der Waals surface area (Å²) in [5.41, 5.74) is 0.359. The lowest BCUT2D eigenvalue weighted by Crippen LogP contribution is -2.25. The molecule has 1 N–H and O–H groups in total. The standard InChI is InChI=1S/C16H16ClN3O4S/c1-9(15(23)11-4-3-5-12(17)8-11)24-14(22)7-6-13(21)18-16-20-19-10(2)25-16/h3-5,8-9H,6-7H2,1-2H3,(H,18,20,21)/t9-/m1/s1. The van der Waals surface area contributed by atoms with E-state index in [1.807, 2.05) is 0 Å². The molecule has 0 saturated carbocycles. The Balaban J connectivity index is 1.79. The molecule has 0 aliphatic heterocycles. The van der Waals surface area contributed by atoms with E-state index in [1.54, 1.807) is 25.1 Å². The summed E-state index contributed by atoms with van der Waals surface area (Å²) < 4.78 is 5.07. The zero-order chi connectivity index (χ0) is 18.4. The number of aromatic nitrogens is 2. The maximum absolute atomic E-state index is 12.2. The first-order valence-electron chi connectivity index (χ1n) is 7.44. The van der Waals surface area contributed by atoms with Gasteiger partial charge >= 0.3 is 5.97 Å². The molecular formula is C16H16ClN3O4S. The number of nitrogens with one attached hydrogen (secondary N) is 1. The summed E-state index contributed by atoms with van der Waals surface area (Å²) in [6, 6.07) is 6.39. The number of benzene rings is 1. The third kappa shape index (κ3) is 5.91. The van der Waals surface area contributed by atoms with Crippen LogP contribution < -0.4 is 5.32 Å². The first-order chi connectivity index (χ1) is 11.8. The Labute approximate surface area is 153 Å². The van der Waals surface area contributed by atoms with E-state index in [2.05, 4.69) is 15.5 Å². The van der Waals surface area contributed by atoms with Crippen molar-refractivity contribution >= 4 is 45.7 Å². The molecule has 0 saturated heterocycles. The normalized spacial score (nSPS) is 11.6. The molecule has 1 aromatic carbocycles. The SMILES string of the molecule is Cc1nnc(NC(=O)CCC(=O)O[C@H](C)C(=O)c2cccc(Cl)c2)s1. The average Bonchev–Trinajstić information content (AvgIpc) is 2.97. The Morgan fingerprint density at radius 2 is 2.04 bits per heavy atom. The number of Topliss-reactive ketones (excluding diaryl/α,β-unsaturated/α-hetero) is 1. The Kier molecular flexibility index (Phi) is 6.60. The Hall–Kier alpha value is -2.32. The van der Waals surface area contributed by atoms with Gasteiger partial charge in [0.15, 0.2) is 6.10 Å².